The van der Waals surface area contributed by atoms with E-state index in [-0.39, 0.29) is 6.42 Å². The SMILES string of the molecule is CCCCCCCOc1ccc(-c2cnc(-c3ccc(CC(NC(=O)c4ccc(C(C)C)cc4)C(=O)NCC(=O)O)cc3)nc2)cc1.CO. The average Bonchev–Trinajstić information content (AvgIpc) is 3.13. The molecule has 260 valence electrons. The summed E-state index contributed by atoms with van der Waals surface area (Å²) in [6, 6.07) is 21.6. The van der Waals surface area contributed by atoms with Crippen LogP contribution in [0.3, 0.4) is 0 Å². The maximum absolute atomic E-state index is 13.0. The lowest BCUT2D eigenvalue weighted by Crippen LogP contribution is -2.49. The molecular weight excluding hydrogens is 620 g/mol. The van der Waals surface area contributed by atoms with Crippen LogP contribution >= 0.6 is 0 Å². The lowest BCUT2D eigenvalue weighted by Gasteiger charge is -2.19. The molecule has 0 aliphatic carbocycles. The van der Waals surface area contributed by atoms with Crippen molar-refractivity contribution in [3.63, 3.8) is 0 Å². The van der Waals surface area contributed by atoms with Crippen LogP contribution in [0.5, 0.6) is 5.75 Å². The van der Waals surface area contributed by atoms with Crippen molar-refractivity contribution < 1.29 is 29.3 Å². The van der Waals surface area contributed by atoms with E-state index in [9.17, 15) is 14.4 Å². The van der Waals surface area contributed by atoms with Gasteiger partial charge in [-0.05, 0) is 53.3 Å². The molecule has 0 saturated heterocycles. The molecule has 49 heavy (non-hydrogen) atoms. The molecule has 1 unspecified atom stereocenters. The molecule has 2 amide bonds. The van der Waals surface area contributed by atoms with Gasteiger partial charge in [0.1, 0.15) is 18.3 Å². The van der Waals surface area contributed by atoms with Gasteiger partial charge in [-0.1, -0.05) is 95.0 Å². The van der Waals surface area contributed by atoms with Crippen LogP contribution in [0.15, 0.2) is 85.2 Å². The Morgan fingerprint density at radius 1 is 0.776 bits per heavy atom. The molecule has 4 aromatic rings. The van der Waals surface area contributed by atoms with E-state index < -0.39 is 30.4 Å². The van der Waals surface area contributed by atoms with Crippen molar-refractivity contribution in [2.45, 2.75) is 71.3 Å². The second-order valence-electron chi connectivity index (χ2n) is 11.9. The number of aromatic nitrogens is 2. The van der Waals surface area contributed by atoms with Gasteiger partial charge < -0.3 is 25.6 Å². The smallest absolute Gasteiger partial charge is 0.322 e. The first kappa shape index (κ1) is 38.4. The number of carboxylic acid groups (broad SMARTS) is 1. The summed E-state index contributed by atoms with van der Waals surface area (Å²) in [5, 5.41) is 21.2. The molecule has 0 radical (unpaired) electrons. The first-order valence-corrected chi connectivity index (χ1v) is 16.7. The van der Waals surface area contributed by atoms with E-state index in [0.717, 1.165) is 53.7 Å². The largest absolute Gasteiger partial charge is 0.494 e. The minimum Gasteiger partial charge on any atom is -0.494 e. The maximum atomic E-state index is 13.0. The zero-order valence-electron chi connectivity index (χ0n) is 28.8. The van der Waals surface area contributed by atoms with Crippen LogP contribution in [-0.4, -0.2) is 64.3 Å². The van der Waals surface area contributed by atoms with E-state index in [1.54, 1.807) is 24.5 Å². The first-order valence-electron chi connectivity index (χ1n) is 16.7. The van der Waals surface area contributed by atoms with Gasteiger partial charge in [-0.3, -0.25) is 14.4 Å². The van der Waals surface area contributed by atoms with Gasteiger partial charge in [0.2, 0.25) is 5.91 Å². The van der Waals surface area contributed by atoms with Crippen LogP contribution in [0.2, 0.25) is 0 Å². The second-order valence-corrected chi connectivity index (χ2v) is 11.9. The predicted molar refractivity (Wildman–Crippen MR) is 191 cm³/mol. The average molecular weight is 669 g/mol. The van der Waals surface area contributed by atoms with E-state index in [0.29, 0.717) is 17.3 Å². The number of hydrogen-bond acceptors (Lipinski definition) is 7. The molecule has 0 aliphatic rings. The highest BCUT2D eigenvalue weighted by Crippen LogP contribution is 2.24. The van der Waals surface area contributed by atoms with Crippen molar-refractivity contribution in [3.8, 4) is 28.3 Å². The molecule has 0 fully saturated rings. The summed E-state index contributed by atoms with van der Waals surface area (Å²) < 4.78 is 5.87. The molecular formula is C39H48N4O6. The minimum atomic E-state index is -1.17. The van der Waals surface area contributed by atoms with E-state index >= 15 is 0 Å². The second kappa shape index (κ2) is 20.3. The molecule has 0 spiro atoms. The fourth-order valence-electron chi connectivity index (χ4n) is 5.05. The van der Waals surface area contributed by atoms with Crippen LogP contribution in [0, 0.1) is 0 Å². The van der Waals surface area contributed by atoms with Crippen LogP contribution in [0.4, 0.5) is 0 Å². The van der Waals surface area contributed by atoms with Gasteiger partial charge in [-0.25, -0.2) is 9.97 Å². The summed E-state index contributed by atoms with van der Waals surface area (Å²) in [6.45, 7) is 6.52. The zero-order chi connectivity index (χ0) is 35.6. The third kappa shape index (κ3) is 12.5. The fraction of sp³-hybridized carbons (Fsp3) is 0.359. The van der Waals surface area contributed by atoms with E-state index in [4.69, 9.17) is 14.9 Å². The molecule has 10 heteroatoms. The molecule has 0 aliphatic heterocycles. The number of aliphatic hydroxyl groups is 1. The van der Waals surface area contributed by atoms with Gasteiger partial charge in [-0.2, -0.15) is 0 Å². The summed E-state index contributed by atoms with van der Waals surface area (Å²) in [5.41, 5.74) is 4.97. The van der Waals surface area contributed by atoms with Crippen molar-refractivity contribution >= 4 is 17.8 Å². The minimum absolute atomic E-state index is 0.167. The Balaban J connectivity index is 0.00000319. The number of aliphatic hydroxyl groups excluding tert-OH is 1. The number of benzene rings is 3. The Hall–Kier alpha value is -5.09. The molecule has 1 aromatic heterocycles. The number of rotatable bonds is 17. The number of carbonyl (C=O) groups is 3. The standard InChI is InChI=1S/C38H44N4O5.CH4O/c1-4-5-6-7-8-21-47-33-19-17-29(18-20-33)32-23-39-36(40-24-32)30-11-9-27(10-12-30)22-34(38(46)41-25-35(43)44)42-37(45)31-15-13-28(14-16-31)26(2)3;1-2/h9-20,23-24,26,34H,4-8,21-22,25H2,1-3H3,(H,41,46)(H,42,45)(H,43,44);2H,1H3. The van der Waals surface area contributed by atoms with E-state index in [1.165, 1.54) is 25.7 Å². The molecule has 1 atom stereocenters. The number of unbranched alkanes of at least 4 members (excludes halogenated alkanes) is 4. The lowest BCUT2D eigenvalue weighted by atomic mass is 10.0. The molecule has 10 nitrogen and oxygen atoms in total. The Kier molecular flexibility index (Phi) is 15.9. The van der Waals surface area contributed by atoms with Gasteiger partial charge in [0.05, 0.1) is 6.61 Å². The van der Waals surface area contributed by atoms with Crippen LogP contribution in [0.1, 0.15) is 80.3 Å². The number of carboxylic acids is 1. The van der Waals surface area contributed by atoms with Crippen LogP contribution < -0.4 is 15.4 Å². The Labute approximate surface area is 289 Å². The molecule has 3 aromatic carbocycles. The van der Waals surface area contributed by atoms with Crippen molar-refractivity contribution in [1.82, 2.24) is 20.6 Å². The number of nitrogens with one attached hydrogen (secondary N) is 2. The van der Waals surface area contributed by atoms with Gasteiger partial charge in [0, 0.05) is 42.6 Å². The van der Waals surface area contributed by atoms with Gasteiger partial charge in [0.25, 0.3) is 5.91 Å². The Morgan fingerprint density at radius 3 is 1.98 bits per heavy atom. The van der Waals surface area contributed by atoms with Gasteiger partial charge in [0.15, 0.2) is 5.82 Å². The highest BCUT2D eigenvalue weighted by molar-refractivity contribution is 5.98. The summed E-state index contributed by atoms with van der Waals surface area (Å²) in [6.07, 6.45) is 9.74. The van der Waals surface area contributed by atoms with Crippen LogP contribution in [0.25, 0.3) is 22.5 Å². The summed E-state index contributed by atoms with van der Waals surface area (Å²) >= 11 is 0. The fourth-order valence-corrected chi connectivity index (χ4v) is 5.05. The molecule has 0 bridgehead atoms. The molecule has 1 heterocycles. The molecule has 4 rings (SSSR count). The number of nitrogens with zero attached hydrogens (tertiary/aromatic N) is 2. The highest BCUT2D eigenvalue weighted by atomic mass is 16.5. The Bertz CT molecular complexity index is 1590. The van der Waals surface area contributed by atoms with Crippen molar-refractivity contribution in [1.29, 1.82) is 0 Å². The first-order chi connectivity index (χ1) is 23.7. The third-order valence-electron chi connectivity index (χ3n) is 7.88. The zero-order valence-corrected chi connectivity index (χ0v) is 28.8. The predicted octanol–water partition coefficient (Wildman–Crippen LogP) is 6.43. The van der Waals surface area contributed by atoms with Crippen molar-refractivity contribution in [3.05, 3.63) is 102 Å². The normalized spacial score (nSPS) is 11.2. The summed E-state index contributed by atoms with van der Waals surface area (Å²) in [5.74, 6) is -0.441. The lowest BCUT2D eigenvalue weighted by molar-refractivity contribution is -0.138. The van der Waals surface area contributed by atoms with E-state index in [2.05, 4.69) is 41.4 Å². The quantitative estimate of drug-likeness (QED) is 0.0940. The molecule has 4 N–H and O–H groups in total. The monoisotopic (exact) mass is 668 g/mol. The maximum Gasteiger partial charge on any atom is 0.322 e. The highest BCUT2D eigenvalue weighted by Gasteiger charge is 2.23. The third-order valence-corrected chi connectivity index (χ3v) is 7.88. The topological polar surface area (TPSA) is 151 Å². The number of ether oxygens (including phenoxy) is 1. The summed E-state index contributed by atoms with van der Waals surface area (Å²) in [7, 11) is 1.00. The number of aliphatic carboxylic acids is 1. The van der Waals surface area contributed by atoms with Crippen molar-refractivity contribution in [2.75, 3.05) is 20.3 Å². The number of hydrogen-bond donors (Lipinski definition) is 4. The molecule has 0 saturated carbocycles. The van der Waals surface area contributed by atoms with Crippen molar-refractivity contribution in [2.24, 2.45) is 0 Å². The van der Waals surface area contributed by atoms with E-state index in [1.807, 2.05) is 60.7 Å². The van der Waals surface area contributed by atoms with Gasteiger partial charge in [-0.15, -0.1) is 0 Å². The van der Waals surface area contributed by atoms with Gasteiger partial charge >= 0.3 is 5.97 Å². The number of amides is 2. The summed E-state index contributed by atoms with van der Waals surface area (Å²) in [4.78, 5) is 46.1. The number of carbonyl (C=O) groups excluding carboxylic acids is 2. The Morgan fingerprint density at radius 2 is 1.39 bits per heavy atom. The van der Waals surface area contributed by atoms with Crippen LogP contribution in [-0.2, 0) is 16.0 Å².